The van der Waals surface area contributed by atoms with E-state index in [-0.39, 0.29) is 6.61 Å². The zero-order chi connectivity index (χ0) is 11.5. The number of hydrogen-bond acceptors (Lipinski definition) is 4. The van der Waals surface area contributed by atoms with Gasteiger partial charge in [-0.2, -0.15) is 0 Å². The number of nitrogens with zero attached hydrogens (tertiary/aromatic N) is 3. The van der Waals surface area contributed by atoms with Crippen molar-refractivity contribution in [1.29, 1.82) is 0 Å². The van der Waals surface area contributed by atoms with Gasteiger partial charge in [-0.1, -0.05) is 13.8 Å². The van der Waals surface area contributed by atoms with Gasteiger partial charge >= 0.3 is 0 Å². The smallest absolute Gasteiger partial charge is 0.147 e. The van der Waals surface area contributed by atoms with Gasteiger partial charge in [-0.25, -0.2) is 4.98 Å². The molecule has 0 radical (unpaired) electrons. The Morgan fingerprint density at radius 1 is 1.50 bits per heavy atom. The second-order valence-corrected chi connectivity index (χ2v) is 4.67. The number of anilines is 1. The monoisotopic (exact) mass is 221 g/mol. The predicted octanol–water partition coefficient (Wildman–Crippen LogP) is 1.59. The fourth-order valence-corrected chi connectivity index (χ4v) is 2.38. The third-order valence-corrected chi connectivity index (χ3v) is 3.20. The van der Waals surface area contributed by atoms with Gasteiger partial charge in [0.25, 0.3) is 0 Å². The lowest BCUT2D eigenvalue weighted by molar-refractivity contribution is 0.276. The minimum Gasteiger partial charge on any atom is -0.390 e. The maximum atomic E-state index is 9.06. The average Bonchev–Trinajstić information content (AvgIpc) is 2.78. The van der Waals surface area contributed by atoms with Gasteiger partial charge in [0.2, 0.25) is 0 Å². The van der Waals surface area contributed by atoms with Crippen molar-refractivity contribution < 1.29 is 5.11 Å². The van der Waals surface area contributed by atoms with Gasteiger partial charge in [-0.15, -0.1) is 0 Å². The molecule has 0 spiro atoms. The van der Waals surface area contributed by atoms with Crippen LogP contribution in [0.15, 0.2) is 12.4 Å². The highest BCUT2D eigenvalue weighted by Gasteiger charge is 2.28. The fourth-order valence-electron chi connectivity index (χ4n) is 2.38. The van der Waals surface area contributed by atoms with Crippen LogP contribution >= 0.6 is 0 Å². The van der Waals surface area contributed by atoms with Crippen LogP contribution in [0.3, 0.4) is 0 Å². The first-order chi connectivity index (χ1) is 7.72. The van der Waals surface area contributed by atoms with E-state index in [0.717, 1.165) is 12.4 Å². The Morgan fingerprint density at radius 3 is 3.00 bits per heavy atom. The third-order valence-electron chi connectivity index (χ3n) is 3.20. The Hall–Kier alpha value is -1.16. The molecule has 1 unspecified atom stereocenters. The van der Waals surface area contributed by atoms with Crippen LogP contribution in [-0.2, 0) is 6.61 Å². The minimum absolute atomic E-state index is 0.0406. The fraction of sp³-hybridized carbons (Fsp3) is 0.667. The average molecular weight is 221 g/mol. The van der Waals surface area contributed by atoms with E-state index >= 15 is 0 Å². The number of aliphatic hydroxyl groups is 1. The zero-order valence-electron chi connectivity index (χ0n) is 9.93. The highest BCUT2D eigenvalue weighted by molar-refractivity contribution is 5.39. The van der Waals surface area contributed by atoms with E-state index in [9.17, 15) is 0 Å². The molecule has 2 rings (SSSR count). The molecule has 1 aromatic rings. The summed E-state index contributed by atoms with van der Waals surface area (Å²) in [6.45, 7) is 5.49. The molecule has 1 atom stereocenters. The minimum atomic E-state index is -0.0406. The number of aromatic nitrogens is 2. The second-order valence-electron chi connectivity index (χ2n) is 4.67. The molecule has 0 amide bonds. The van der Waals surface area contributed by atoms with Crippen molar-refractivity contribution in [2.45, 2.75) is 39.3 Å². The lowest BCUT2D eigenvalue weighted by Gasteiger charge is -2.28. The molecule has 0 bridgehead atoms. The summed E-state index contributed by atoms with van der Waals surface area (Å²) in [7, 11) is 0. The van der Waals surface area contributed by atoms with Crippen LogP contribution in [0.25, 0.3) is 0 Å². The highest BCUT2D eigenvalue weighted by Crippen LogP contribution is 2.27. The molecular weight excluding hydrogens is 202 g/mol. The maximum absolute atomic E-state index is 9.06. The van der Waals surface area contributed by atoms with E-state index < -0.39 is 0 Å². The summed E-state index contributed by atoms with van der Waals surface area (Å²) >= 11 is 0. The summed E-state index contributed by atoms with van der Waals surface area (Å²) in [5, 5.41) is 9.06. The van der Waals surface area contributed by atoms with E-state index in [4.69, 9.17) is 5.11 Å². The first-order valence-corrected chi connectivity index (χ1v) is 5.91. The maximum Gasteiger partial charge on any atom is 0.147 e. The van der Waals surface area contributed by atoms with Crippen LogP contribution in [0, 0.1) is 5.92 Å². The van der Waals surface area contributed by atoms with Crippen molar-refractivity contribution in [2.75, 3.05) is 11.4 Å². The summed E-state index contributed by atoms with van der Waals surface area (Å²) in [5.41, 5.74) is 0.645. The Labute approximate surface area is 96.3 Å². The lowest BCUT2D eigenvalue weighted by atomic mass is 10.0. The van der Waals surface area contributed by atoms with Gasteiger partial charge in [0.1, 0.15) is 5.82 Å². The van der Waals surface area contributed by atoms with Crippen molar-refractivity contribution in [1.82, 2.24) is 9.97 Å². The van der Waals surface area contributed by atoms with E-state index in [2.05, 4.69) is 28.7 Å². The summed E-state index contributed by atoms with van der Waals surface area (Å²) in [6.07, 6.45) is 5.85. The standard InChI is InChI=1S/C12H19N3O/c1-9(2)11-4-3-5-15(11)12-7-13-6-10(8-16)14-12/h6-7,9,11,16H,3-5,8H2,1-2H3. The van der Waals surface area contributed by atoms with Gasteiger partial charge < -0.3 is 10.0 Å². The van der Waals surface area contributed by atoms with Crippen molar-refractivity contribution >= 4 is 5.82 Å². The number of hydrogen-bond donors (Lipinski definition) is 1. The molecule has 4 heteroatoms. The molecule has 1 N–H and O–H groups in total. The Balaban J connectivity index is 2.22. The van der Waals surface area contributed by atoms with Gasteiger partial charge in [0.15, 0.2) is 0 Å². The molecule has 1 aliphatic rings. The van der Waals surface area contributed by atoms with Gasteiger partial charge in [0.05, 0.1) is 24.7 Å². The quantitative estimate of drug-likeness (QED) is 0.842. The Kier molecular flexibility index (Phi) is 3.39. The van der Waals surface area contributed by atoms with Crippen LogP contribution in [-0.4, -0.2) is 27.7 Å². The molecule has 1 saturated heterocycles. The van der Waals surface area contributed by atoms with Crippen molar-refractivity contribution in [2.24, 2.45) is 5.92 Å². The van der Waals surface area contributed by atoms with Gasteiger partial charge in [0, 0.05) is 12.6 Å². The topological polar surface area (TPSA) is 49.2 Å². The van der Waals surface area contributed by atoms with Gasteiger partial charge in [-0.3, -0.25) is 4.98 Å². The van der Waals surface area contributed by atoms with Crippen LogP contribution in [0.5, 0.6) is 0 Å². The SMILES string of the molecule is CC(C)C1CCCN1c1cncc(CO)n1. The summed E-state index contributed by atoms with van der Waals surface area (Å²) in [5.74, 6) is 1.53. The van der Waals surface area contributed by atoms with Crippen molar-refractivity contribution in [3.8, 4) is 0 Å². The second kappa shape index (κ2) is 4.78. The van der Waals surface area contributed by atoms with Gasteiger partial charge in [-0.05, 0) is 18.8 Å². The first-order valence-electron chi connectivity index (χ1n) is 5.91. The van der Waals surface area contributed by atoms with E-state index in [1.54, 1.807) is 12.4 Å². The molecule has 0 aromatic carbocycles. The summed E-state index contributed by atoms with van der Waals surface area (Å²) in [6, 6.07) is 0.559. The summed E-state index contributed by atoms with van der Waals surface area (Å²) < 4.78 is 0. The first kappa shape index (κ1) is 11.3. The van der Waals surface area contributed by atoms with Crippen LogP contribution < -0.4 is 4.90 Å². The van der Waals surface area contributed by atoms with Crippen LogP contribution in [0.1, 0.15) is 32.4 Å². The molecular formula is C12H19N3O. The lowest BCUT2D eigenvalue weighted by Crippen LogP contribution is -2.34. The Morgan fingerprint density at radius 2 is 2.31 bits per heavy atom. The van der Waals surface area contributed by atoms with Crippen LogP contribution in [0.2, 0.25) is 0 Å². The Bertz CT molecular complexity index is 354. The summed E-state index contributed by atoms with van der Waals surface area (Å²) in [4.78, 5) is 10.9. The van der Waals surface area contributed by atoms with Crippen molar-refractivity contribution in [3.05, 3.63) is 18.1 Å². The normalized spacial score (nSPS) is 20.8. The van der Waals surface area contributed by atoms with E-state index in [0.29, 0.717) is 17.7 Å². The number of rotatable bonds is 3. The molecule has 1 aromatic heterocycles. The van der Waals surface area contributed by atoms with E-state index in [1.807, 2.05) is 0 Å². The molecule has 1 aliphatic heterocycles. The molecule has 1 fully saturated rings. The highest BCUT2D eigenvalue weighted by atomic mass is 16.3. The van der Waals surface area contributed by atoms with E-state index in [1.165, 1.54) is 12.8 Å². The molecule has 0 saturated carbocycles. The predicted molar refractivity (Wildman–Crippen MR) is 63.2 cm³/mol. The number of aliphatic hydroxyl groups excluding tert-OH is 1. The molecule has 4 nitrogen and oxygen atoms in total. The third kappa shape index (κ3) is 2.16. The molecule has 0 aliphatic carbocycles. The zero-order valence-corrected chi connectivity index (χ0v) is 9.93. The van der Waals surface area contributed by atoms with Crippen molar-refractivity contribution in [3.63, 3.8) is 0 Å². The van der Waals surface area contributed by atoms with Crippen LogP contribution in [0.4, 0.5) is 5.82 Å². The molecule has 2 heterocycles. The molecule has 88 valence electrons. The largest absolute Gasteiger partial charge is 0.390 e. The molecule has 16 heavy (non-hydrogen) atoms.